The first-order chi connectivity index (χ1) is 4.74. The summed E-state index contributed by atoms with van der Waals surface area (Å²) in [6, 6.07) is 0. The van der Waals surface area contributed by atoms with Gasteiger partial charge in [-0.1, -0.05) is 0 Å². The SMILES string of the molecule is COC(CC=O)(OC)OC.[InH3]. The van der Waals surface area contributed by atoms with Gasteiger partial charge in [0.05, 0.1) is 6.42 Å². The van der Waals surface area contributed by atoms with Crippen molar-refractivity contribution in [3.63, 3.8) is 0 Å². The molecule has 0 aromatic carbocycles. The average molecular weight is 266 g/mol. The van der Waals surface area contributed by atoms with E-state index >= 15 is 0 Å². The molecule has 0 aliphatic heterocycles. The van der Waals surface area contributed by atoms with E-state index in [1.165, 1.54) is 21.3 Å². The summed E-state index contributed by atoms with van der Waals surface area (Å²) < 4.78 is 14.4. The van der Waals surface area contributed by atoms with Gasteiger partial charge in [-0.15, -0.1) is 0 Å². The zero-order chi connectivity index (χ0) is 8.04. The first kappa shape index (κ1) is 14.0. The fourth-order valence-corrected chi connectivity index (χ4v) is 0.602. The van der Waals surface area contributed by atoms with Gasteiger partial charge < -0.3 is 19.0 Å². The van der Waals surface area contributed by atoms with E-state index in [2.05, 4.69) is 0 Å². The van der Waals surface area contributed by atoms with E-state index in [0.717, 1.165) is 0 Å². The van der Waals surface area contributed by atoms with E-state index in [9.17, 15) is 4.79 Å². The Kier molecular flexibility index (Phi) is 9.01. The number of methoxy groups -OCH3 is 3. The minimum atomic E-state index is -1.19. The molecule has 11 heavy (non-hydrogen) atoms. The molecule has 0 rings (SSSR count). The number of hydrogen-bond donors (Lipinski definition) is 0. The monoisotopic (exact) mass is 266 g/mol. The van der Waals surface area contributed by atoms with Gasteiger partial charge >= 0.3 is 25.8 Å². The van der Waals surface area contributed by atoms with Crippen LogP contribution >= 0.6 is 0 Å². The number of carbonyl (C=O) groups is 1. The fraction of sp³-hybridized carbons (Fsp3) is 0.833. The van der Waals surface area contributed by atoms with Crippen molar-refractivity contribution in [2.24, 2.45) is 0 Å². The number of carbonyl (C=O) groups excluding carboxylic acids is 1. The van der Waals surface area contributed by atoms with Crippen molar-refractivity contribution in [3.05, 3.63) is 0 Å². The molecule has 0 amide bonds. The molecule has 0 aliphatic carbocycles. The van der Waals surface area contributed by atoms with E-state index in [-0.39, 0.29) is 32.3 Å². The number of rotatable bonds is 5. The van der Waals surface area contributed by atoms with Crippen molar-refractivity contribution < 1.29 is 19.0 Å². The van der Waals surface area contributed by atoms with Crippen molar-refractivity contribution in [1.82, 2.24) is 0 Å². The van der Waals surface area contributed by atoms with Crippen LogP contribution in [0.1, 0.15) is 6.42 Å². The van der Waals surface area contributed by atoms with Crippen molar-refractivity contribution in [3.8, 4) is 0 Å². The molecule has 0 N–H and O–H groups in total. The first-order valence-corrected chi connectivity index (χ1v) is 2.83. The summed E-state index contributed by atoms with van der Waals surface area (Å²) in [5, 5.41) is 0. The zero-order valence-corrected chi connectivity index (χ0v) is 6.42. The van der Waals surface area contributed by atoms with Gasteiger partial charge in [-0.3, -0.25) is 0 Å². The van der Waals surface area contributed by atoms with Crippen LogP contribution in [0.3, 0.4) is 0 Å². The molecule has 0 spiro atoms. The molecule has 0 heterocycles. The van der Waals surface area contributed by atoms with Crippen molar-refractivity contribution >= 4 is 32.1 Å². The Hall–Kier alpha value is 0.420. The summed E-state index contributed by atoms with van der Waals surface area (Å²) in [7, 11) is 4.24. The predicted octanol–water partition coefficient (Wildman–Crippen LogP) is -1.02. The Morgan fingerprint density at radius 2 is 1.55 bits per heavy atom. The van der Waals surface area contributed by atoms with Gasteiger partial charge in [-0.05, 0) is 0 Å². The second-order valence-electron chi connectivity index (χ2n) is 1.67. The van der Waals surface area contributed by atoms with Crippen LogP contribution in [0.15, 0.2) is 0 Å². The molecule has 0 saturated heterocycles. The van der Waals surface area contributed by atoms with Gasteiger partial charge in [-0.25, -0.2) is 0 Å². The van der Waals surface area contributed by atoms with Crippen molar-refractivity contribution in [2.75, 3.05) is 21.3 Å². The standard InChI is InChI=1S/C6H12O4.In.3H/c1-8-6(9-2,10-3)4-5-7;;;;/h5H,4H2,1-3H3;;;;. The van der Waals surface area contributed by atoms with E-state index in [4.69, 9.17) is 14.2 Å². The third-order valence-corrected chi connectivity index (χ3v) is 1.27. The molecular formula is C6H15InO4. The summed E-state index contributed by atoms with van der Waals surface area (Å²) in [6.07, 6.45) is 0.743. The molecule has 0 aromatic rings. The summed E-state index contributed by atoms with van der Waals surface area (Å²) in [6.45, 7) is 0. The van der Waals surface area contributed by atoms with E-state index < -0.39 is 5.97 Å². The number of aldehydes is 1. The van der Waals surface area contributed by atoms with Crippen LogP contribution in [0.4, 0.5) is 0 Å². The third-order valence-electron chi connectivity index (χ3n) is 1.27. The first-order valence-electron chi connectivity index (χ1n) is 2.83. The molecule has 4 nitrogen and oxygen atoms in total. The van der Waals surface area contributed by atoms with Gasteiger partial charge in [0, 0.05) is 21.3 Å². The molecule has 66 valence electrons. The Morgan fingerprint density at radius 1 is 1.18 bits per heavy atom. The molecule has 5 heteroatoms. The summed E-state index contributed by atoms with van der Waals surface area (Å²) in [5.74, 6) is -1.19. The summed E-state index contributed by atoms with van der Waals surface area (Å²) >= 11 is 0. The Balaban J connectivity index is 0. The second-order valence-corrected chi connectivity index (χ2v) is 1.67. The molecule has 0 bridgehead atoms. The van der Waals surface area contributed by atoms with Gasteiger partial charge in [0.2, 0.25) is 0 Å². The number of hydrogen-bond acceptors (Lipinski definition) is 4. The van der Waals surface area contributed by atoms with Crippen LogP contribution in [0.2, 0.25) is 0 Å². The van der Waals surface area contributed by atoms with Gasteiger partial charge in [0.1, 0.15) is 6.29 Å². The topological polar surface area (TPSA) is 44.8 Å². The van der Waals surface area contributed by atoms with Crippen LogP contribution in [-0.4, -0.2) is 59.4 Å². The molecule has 0 aliphatic rings. The van der Waals surface area contributed by atoms with Gasteiger partial charge in [0.15, 0.2) is 0 Å². The van der Waals surface area contributed by atoms with Crippen LogP contribution in [0.25, 0.3) is 0 Å². The van der Waals surface area contributed by atoms with Crippen molar-refractivity contribution in [2.45, 2.75) is 12.4 Å². The normalized spacial score (nSPS) is 10.5. The van der Waals surface area contributed by atoms with E-state index in [0.29, 0.717) is 6.29 Å². The molecule has 0 radical (unpaired) electrons. The molecular weight excluding hydrogens is 251 g/mol. The van der Waals surface area contributed by atoms with Crippen molar-refractivity contribution in [1.29, 1.82) is 0 Å². The molecule has 0 saturated carbocycles. The maximum absolute atomic E-state index is 10.1. The van der Waals surface area contributed by atoms with E-state index in [1.807, 2.05) is 0 Å². The quantitative estimate of drug-likeness (QED) is 0.472. The molecule has 0 aromatic heterocycles. The zero-order valence-electron chi connectivity index (χ0n) is 6.42. The molecule has 0 unspecified atom stereocenters. The van der Waals surface area contributed by atoms with Crippen LogP contribution in [-0.2, 0) is 19.0 Å². The predicted molar refractivity (Wildman–Crippen MR) is 44.4 cm³/mol. The van der Waals surface area contributed by atoms with E-state index in [1.54, 1.807) is 0 Å². The molecule has 0 fully saturated rings. The van der Waals surface area contributed by atoms with Crippen LogP contribution in [0, 0.1) is 0 Å². The Morgan fingerprint density at radius 3 is 1.64 bits per heavy atom. The summed E-state index contributed by atoms with van der Waals surface area (Å²) in [5.41, 5.74) is 0. The fourth-order valence-electron chi connectivity index (χ4n) is 0.602. The van der Waals surface area contributed by atoms with Gasteiger partial charge in [0.25, 0.3) is 5.97 Å². The minimum absolute atomic E-state index is 0. The second kappa shape index (κ2) is 7.09. The van der Waals surface area contributed by atoms with Gasteiger partial charge in [-0.2, -0.15) is 0 Å². The average Bonchev–Trinajstić information content (AvgIpc) is 2.01. The Labute approximate surface area is 85.0 Å². The van der Waals surface area contributed by atoms with Crippen LogP contribution < -0.4 is 0 Å². The Bertz CT molecular complexity index is 94.5. The maximum atomic E-state index is 10.1. The summed E-state index contributed by atoms with van der Waals surface area (Å²) in [4.78, 5) is 10.1. The van der Waals surface area contributed by atoms with Crippen LogP contribution in [0.5, 0.6) is 0 Å². The number of ether oxygens (including phenoxy) is 3. The molecule has 0 atom stereocenters. The third kappa shape index (κ3) is 4.10.